The maximum atomic E-state index is 11.8. The van der Waals surface area contributed by atoms with Gasteiger partial charge in [0.25, 0.3) is 0 Å². The molecule has 0 aliphatic carbocycles. The molecule has 0 aromatic heterocycles. The van der Waals surface area contributed by atoms with Crippen molar-refractivity contribution in [3.63, 3.8) is 0 Å². The fraction of sp³-hybridized carbons (Fsp3) is 0.643. The van der Waals surface area contributed by atoms with Gasteiger partial charge >= 0.3 is 18.0 Å². The number of hydrogen-bond donors (Lipinski definition) is 0. The highest BCUT2D eigenvalue weighted by molar-refractivity contribution is 6.03. The molecule has 0 atom stereocenters. The van der Waals surface area contributed by atoms with Crippen LogP contribution in [0.5, 0.6) is 0 Å². The number of carbonyl (C=O) groups excluding carboxylic acids is 2. The number of methoxy groups -OCH3 is 1. The summed E-state index contributed by atoms with van der Waals surface area (Å²) in [5.74, 6) is 0.390. The number of hydrogen-bond acceptors (Lipinski definition) is 6. The zero-order valence-corrected chi connectivity index (χ0v) is 13.1. The van der Waals surface area contributed by atoms with Gasteiger partial charge in [-0.25, -0.2) is 9.59 Å². The van der Waals surface area contributed by atoms with Crippen LogP contribution in [-0.4, -0.2) is 48.4 Å². The number of rotatable bonds is 5. The third kappa shape index (κ3) is 5.55. The third-order valence-corrected chi connectivity index (χ3v) is 2.50. The van der Waals surface area contributed by atoms with Gasteiger partial charge in [0.2, 0.25) is 0 Å². The summed E-state index contributed by atoms with van der Waals surface area (Å²) in [6.07, 6.45) is 1.24. The van der Waals surface area contributed by atoms with Gasteiger partial charge in [0, 0.05) is 6.42 Å². The number of ether oxygens (including phenoxy) is 2. The number of carbonyl (C=O) groups is 2. The molecule has 1 rings (SSSR count). The first-order chi connectivity index (χ1) is 9.74. The standard InChI is InChI=1S/C14H22NO6/c1-10-9-11(18-5)15(12(10)16)7-6-8-19-13(17)20-21-14(2,3)4/h9H,6-8H2,1-5H3/q+1. The highest BCUT2D eigenvalue weighted by Crippen LogP contribution is 2.09. The Morgan fingerprint density at radius 2 is 2.00 bits per heavy atom. The van der Waals surface area contributed by atoms with Crippen LogP contribution < -0.4 is 0 Å². The number of nitrogens with zero attached hydrogens (tertiary/aromatic N) is 1. The average molecular weight is 300 g/mol. The Labute approximate surface area is 124 Å². The Morgan fingerprint density at radius 3 is 2.57 bits per heavy atom. The van der Waals surface area contributed by atoms with Crippen LogP contribution in [0.1, 0.15) is 34.1 Å². The van der Waals surface area contributed by atoms with Gasteiger partial charge in [-0.3, -0.25) is 4.89 Å². The molecule has 0 unspecified atom stereocenters. The van der Waals surface area contributed by atoms with Gasteiger partial charge in [-0.2, -0.15) is 4.89 Å². The molecular weight excluding hydrogens is 278 g/mol. The van der Waals surface area contributed by atoms with Crippen LogP contribution in [0.4, 0.5) is 4.79 Å². The first-order valence-corrected chi connectivity index (χ1v) is 6.68. The lowest BCUT2D eigenvalue weighted by Crippen LogP contribution is -2.26. The van der Waals surface area contributed by atoms with Crippen LogP contribution in [0.2, 0.25) is 0 Å². The second-order valence-corrected chi connectivity index (χ2v) is 5.56. The van der Waals surface area contributed by atoms with E-state index in [1.165, 1.54) is 11.7 Å². The van der Waals surface area contributed by atoms with Crippen molar-refractivity contribution in [2.24, 2.45) is 0 Å². The molecule has 1 amide bonds. The molecule has 0 saturated carbocycles. The van der Waals surface area contributed by atoms with Crippen LogP contribution >= 0.6 is 0 Å². The summed E-state index contributed by atoms with van der Waals surface area (Å²) in [6.45, 7) is 7.47. The van der Waals surface area contributed by atoms with E-state index in [9.17, 15) is 9.59 Å². The second kappa shape index (κ2) is 7.21. The van der Waals surface area contributed by atoms with E-state index in [0.717, 1.165) is 0 Å². The highest BCUT2D eigenvalue weighted by Gasteiger charge is 2.31. The maximum Gasteiger partial charge on any atom is 0.540 e. The van der Waals surface area contributed by atoms with Crippen LogP contribution in [0.15, 0.2) is 11.6 Å². The summed E-state index contributed by atoms with van der Waals surface area (Å²) in [5.41, 5.74) is 0.0257. The molecule has 0 bridgehead atoms. The summed E-state index contributed by atoms with van der Waals surface area (Å²) < 4.78 is 11.4. The minimum Gasteiger partial charge on any atom is -0.448 e. The normalized spacial score (nSPS) is 15.1. The summed E-state index contributed by atoms with van der Waals surface area (Å²) in [6, 6.07) is 0. The molecule has 0 aromatic carbocycles. The molecule has 0 N–H and O–H groups in total. The van der Waals surface area contributed by atoms with Crippen LogP contribution in [0.3, 0.4) is 0 Å². The first kappa shape index (κ1) is 17.2. The lowest BCUT2D eigenvalue weighted by Gasteiger charge is -2.15. The second-order valence-electron chi connectivity index (χ2n) is 5.56. The molecule has 0 aromatic rings. The average Bonchev–Trinajstić information content (AvgIpc) is 2.67. The maximum absolute atomic E-state index is 11.8. The Bertz CT molecular complexity index is 472. The quantitative estimate of drug-likeness (QED) is 0.253. The van der Waals surface area contributed by atoms with Crippen molar-refractivity contribution >= 4 is 18.0 Å². The topological polar surface area (TPSA) is 74.1 Å². The molecule has 0 saturated heterocycles. The van der Waals surface area contributed by atoms with E-state index in [-0.39, 0.29) is 12.5 Å². The van der Waals surface area contributed by atoms with Crippen LogP contribution in [0, 0.1) is 0 Å². The van der Waals surface area contributed by atoms with Crippen molar-refractivity contribution < 1.29 is 33.4 Å². The van der Waals surface area contributed by atoms with Crippen molar-refractivity contribution in [3.8, 4) is 0 Å². The van der Waals surface area contributed by atoms with E-state index in [1.807, 2.05) is 0 Å². The summed E-state index contributed by atoms with van der Waals surface area (Å²) in [4.78, 5) is 32.3. The lowest BCUT2D eigenvalue weighted by atomic mass is 10.2. The first-order valence-electron chi connectivity index (χ1n) is 6.68. The van der Waals surface area contributed by atoms with E-state index in [0.29, 0.717) is 24.4 Å². The van der Waals surface area contributed by atoms with Gasteiger partial charge < -0.3 is 9.47 Å². The molecule has 118 valence electrons. The van der Waals surface area contributed by atoms with E-state index >= 15 is 0 Å². The summed E-state index contributed by atoms with van der Waals surface area (Å²) in [7, 11) is 1.50. The third-order valence-electron chi connectivity index (χ3n) is 2.50. The molecular formula is C14H22NO6+. The zero-order chi connectivity index (χ0) is 16.0. The van der Waals surface area contributed by atoms with Gasteiger partial charge in [-0.05, 0) is 27.7 Å². The Morgan fingerprint density at radius 1 is 1.33 bits per heavy atom. The fourth-order valence-corrected chi connectivity index (χ4v) is 1.58. The molecule has 0 spiro atoms. The molecule has 0 radical (unpaired) electrons. The zero-order valence-electron chi connectivity index (χ0n) is 13.1. The Balaban J connectivity index is 2.29. The largest absolute Gasteiger partial charge is 0.540 e. The van der Waals surface area contributed by atoms with Gasteiger partial charge in [0.1, 0.15) is 12.2 Å². The summed E-state index contributed by atoms with van der Waals surface area (Å²) >= 11 is 0. The molecule has 1 heterocycles. The van der Waals surface area contributed by atoms with Crippen molar-refractivity contribution in [1.29, 1.82) is 0 Å². The predicted molar refractivity (Wildman–Crippen MR) is 73.8 cm³/mol. The highest BCUT2D eigenvalue weighted by atomic mass is 17.2. The molecule has 21 heavy (non-hydrogen) atoms. The van der Waals surface area contributed by atoms with Gasteiger partial charge in [0.15, 0.2) is 6.54 Å². The molecule has 1 aliphatic rings. The van der Waals surface area contributed by atoms with Crippen molar-refractivity contribution in [2.45, 2.75) is 39.7 Å². The number of amides is 1. The van der Waals surface area contributed by atoms with E-state index in [2.05, 4.69) is 4.89 Å². The van der Waals surface area contributed by atoms with Crippen molar-refractivity contribution in [2.75, 3.05) is 20.3 Å². The predicted octanol–water partition coefficient (Wildman–Crippen LogP) is 1.80. The van der Waals surface area contributed by atoms with Gasteiger partial charge in [0.05, 0.1) is 18.8 Å². The van der Waals surface area contributed by atoms with E-state index < -0.39 is 11.8 Å². The lowest BCUT2D eigenvalue weighted by molar-refractivity contribution is -0.451. The Hall–Kier alpha value is -1.89. The fourth-order valence-electron chi connectivity index (χ4n) is 1.58. The minimum absolute atomic E-state index is 0.106. The molecule has 7 nitrogen and oxygen atoms in total. The van der Waals surface area contributed by atoms with Gasteiger partial charge in [-0.1, -0.05) is 0 Å². The van der Waals surface area contributed by atoms with Gasteiger partial charge in [-0.15, -0.1) is 4.58 Å². The van der Waals surface area contributed by atoms with Crippen LogP contribution in [0.25, 0.3) is 0 Å². The van der Waals surface area contributed by atoms with E-state index in [1.54, 1.807) is 33.8 Å². The van der Waals surface area contributed by atoms with Crippen LogP contribution in [-0.2, 0) is 24.0 Å². The minimum atomic E-state index is -0.900. The van der Waals surface area contributed by atoms with Crippen molar-refractivity contribution in [3.05, 3.63) is 11.6 Å². The monoisotopic (exact) mass is 300 g/mol. The van der Waals surface area contributed by atoms with Crippen molar-refractivity contribution in [1.82, 2.24) is 0 Å². The molecule has 0 fully saturated rings. The Kier molecular flexibility index (Phi) is 5.90. The summed E-state index contributed by atoms with van der Waals surface area (Å²) in [5, 5.41) is 0. The molecule has 1 aliphatic heterocycles. The smallest absolute Gasteiger partial charge is 0.448 e. The SMILES string of the molecule is COC1=[N+](CCCOC(=O)OOC(C)(C)C)C(=O)C(C)=C1. The van der Waals surface area contributed by atoms with E-state index in [4.69, 9.17) is 14.4 Å². The molecule has 7 heteroatoms.